The maximum atomic E-state index is 14.4. The van der Waals surface area contributed by atoms with Gasteiger partial charge >= 0.3 is 0 Å². The molecule has 0 radical (unpaired) electrons. The molecule has 5 rings (SSSR count). The predicted octanol–water partition coefficient (Wildman–Crippen LogP) is 3.19. The minimum Gasteiger partial charge on any atom is -0.376 e. The molecule has 32 heavy (non-hydrogen) atoms. The van der Waals surface area contributed by atoms with Crippen LogP contribution in [-0.4, -0.2) is 58.0 Å². The van der Waals surface area contributed by atoms with Gasteiger partial charge in [-0.2, -0.15) is 10.2 Å². The molecule has 0 unspecified atom stereocenters. The van der Waals surface area contributed by atoms with Gasteiger partial charge in [-0.15, -0.1) is 0 Å². The van der Waals surface area contributed by atoms with Crippen molar-refractivity contribution in [2.45, 2.75) is 50.5 Å². The Labute approximate surface area is 185 Å². The van der Waals surface area contributed by atoms with Gasteiger partial charge in [-0.25, -0.2) is 8.78 Å². The Morgan fingerprint density at radius 1 is 1.25 bits per heavy atom. The number of amides is 1. The summed E-state index contributed by atoms with van der Waals surface area (Å²) in [6, 6.07) is 5.52. The number of halogens is 2. The number of carbonyl (C=O) groups excluding carboxylic acids is 1. The summed E-state index contributed by atoms with van der Waals surface area (Å²) in [6.45, 7) is 7.09. The summed E-state index contributed by atoms with van der Waals surface area (Å²) in [6.07, 6.45) is 1.72. The molecule has 6 nitrogen and oxygen atoms in total. The molecule has 1 aromatic heterocycles. The Hall–Kier alpha value is -2.45. The molecule has 2 heterocycles. The zero-order chi connectivity index (χ0) is 22.9. The first-order valence-corrected chi connectivity index (χ1v) is 11.1. The van der Waals surface area contributed by atoms with Crippen molar-refractivity contribution in [2.75, 3.05) is 26.3 Å². The van der Waals surface area contributed by atoms with E-state index in [1.807, 2.05) is 6.92 Å². The van der Waals surface area contributed by atoms with Gasteiger partial charge in [-0.3, -0.25) is 4.79 Å². The van der Waals surface area contributed by atoms with Crippen LogP contribution in [0.3, 0.4) is 0 Å². The van der Waals surface area contributed by atoms with Crippen LogP contribution in [0, 0.1) is 17.0 Å². The molecule has 1 saturated heterocycles. The second-order valence-corrected chi connectivity index (χ2v) is 9.87. The summed E-state index contributed by atoms with van der Waals surface area (Å²) in [5.41, 5.74) is -0.390. The van der Waals surface area contributed by atoms with Crippen molar-refractivity contribution in [3.05, 3.63) is 47.2 Å². The topological polar surface area (TPSA) is 75.6 Å². The summed E-state index contributed by atoms with van der Waals surface area (Å²) in [5.74, 6) is -1.53. The van der Waals surface area contributed by atoms with Crippen LogP contribution in [0.15, 0.2) is 24.3 Å². The first-order valence-electron chi connectivity index (χ1n) is 11.1. The maximum absolute atomic E-state index is 14.4. The van der Waals surface area contributed by atoms with Crippen molar-refractivity contribution in [3.63, 3.8) is 0 Å². The van der Waals surface area contributed by atoms with Crippen LogP contribution < -0.4 is 0 Å². The van der Waals surface area contributed by atoms with E-state index in [0.717, 1.165) is 24.1 Å². The van der Waals surface area contributed by atoms with E-state index in [2.05, 4.69) is 24.0 Å². The SMILES string of the molecule is CCN(C[C@@]12CC[C@@H](c3cc(-c4c(F)cccc4F)nnc31)C2(C)C)C(=O)C1(O)COC1. The van der Waals surface area contributed by atoms with Gasteiger partial charge in [0.25, 0.3) is 5.91 Å². The number of nitrogens with zero attached hydrogens (tertiary/aromatic N) is 3. The lowest BCUT2D eigenvalue weighted by molar-refractivity contribution is -0.201. The molecule has 2 aliphatic carbocycles. The largest absolute Gasteiger partial charge is 0.376 e. The number of hydrogen-bond donors (Lipinski definition) is 1. The van der Waals surface area contributed by atoms with Crippen LogP contribution in [0.2, 0.25) is 0 Å². The van der Waals surface area contributed by atoms with Crippen molar-refractivity contribution in [1.82, 2.24) is 15.1 Å². The molecular weight excluding hydrogens is 416 g/mol. The third kappa shape index (κ3) is 2.72. The number of rotatable bonds is 5. The van der Waals surface area contributed by atoms with E-state index in [4.69, 9.17) is 4.74 Å². The summed E-state index contributed by atoms with van der Waals surface area (Å²) >= 11 is 0. The lowest BCUT2D eigenvalue weighted by atomic mass is 9.68. The standard InChI is InChI=1S/C24H27F2N3O3/c1-4-29(21(30)24(31)12-32-13-24)11-23-9-8-15(22(23,2)3)14-10-18(27-28-20(14)23)19-16(25)6-5-7-17(19)26/h5-7,10,15,31H,4,8-9,11-13H2,1-3H3/t15-,23-/m0/s1. The van der Waals surface area contributed by atoms with Crippen LogP contribution in [0.1, 0.15) is 50.8 Å². The third-order valence-electron chi connectivity index (χ3n) is 8.04. The van der Waals surface area contributed by atoms with Crippen molar-refractivity contribution in [1.29, 1.82) is 0 Å². The highest BCUT2D eigenvalue weighted by molar-refractivity contribution is 5.86. The number of carbonyl (C=O) groups is 1. The van der Waals surface area contributed by atoms with E-state index < -0.39 is 22.7 Å². The Bertz CT molecular complexity index is 1080. The Morgan fingerprint density at radius 3 is 2.53 bits per heavy atom. The van der Waals surface area contributed by atoms with E-state index in [9.17, 15) is 18.7 Å². The summed E-state index contributed by atoms with van der Waals surface area (Å²) in [5, 5.41) is 19.3. The zero-order valence-corrected chi connectivity index (χ0v) is 18.5. The van der Waals surface area contributed by atoms with Crippen LogP contribution in [0.5, 0.6) is 0 Å². The van der Waals surface area contributed by atoms with E-state index in [-0.39, 0.29) is 41.7 Å². The lowest BCUT2D eigenvalue weighted by Gasteiger charge is -2.44. The molecule has 170 valence electrons. The van der Waals surface area contributed by atoms with E-state index >= 15 is 0 Å². The molecule has 8 heteroatoms. The van der Waals surface area contributed by atoms with Gasteiger partial charge in [0.1, 0.15) is 11.6 Å². The van der Waals surface area contributed by atoms with Crippen LogP contribution in [-0.2, 0) is 14.9 Å². The third-order valence-corrected chi connectivity index (χ3v) is 8.04. The molecule has 0 spiro atoms. The summed E-state index contributed by atoms with van der Waals surface area (Å²) in [4.78, 5) is 14.7. The quantitative estimate of drug-likeness (QED) is 0.768. The van der Waals surface area contributed by atoms with E-state index in [1.165, 1.54) is 18.2 Å². The number of fused-ring (bicyclic) bond motifs is 5. The van der Waals surface area contributed by atoms with Gasteiger partial charge in [0, 0.05) is 18.5 Å². The highest BCUT2D eigenvalue weighted by Gasteiger charge is 2.64. The van der Waals surface area contributed by atoms with Crippen molar-refractivity contribution < 1.29 is 23.4 Å². The number of aliphatic hydroxyl groups is 1. The average molecular weight is 443 g/mol. The first kappa shape index (κ1) is 21.4. The number of ether oxygens (including phenoxy) is 1. The Morgan fingerprint density at radius 2 is 1.94 bits per heavy atom. The number of aromatic nitrogens is 2. The average Bonchev–Trinajstić information content (AvgIpc) is 3.09. The highest BCUT2D eigenvalue weighted by atomic mass is 19.1. The zero-order valence-electron chi connectivity index (χ0n) is 18.5. The Kier molecular flexibility index (Phi) is 4.70. The van der Waals surface area contributed by atoms with Gasteiger partial charge in [-0.1, -0.05) is 19.9 Å². The second kappa shape index (κ2) is 7.02. The molecule has 1 amide bonds. The molecule has 1 N–H and O–H groups in total. The minimum absolute atomic E-state index is 0.00923. The van der Waals surface area contributed by atoms with Gasteiger partial charge in [0.05, 0.1) is 30.2 Å². The molecule has 1 saturated carbocycles. The van der Waals surface area contributed by atoms with Gasteiger partial charge in [-0.05, 0) is 54.9 Å². The van der Waals surface area contributed by atoms with Gasteiger partial charge in [0.2, 0.25) is 0 Å². The normalized spacial score (nSPS) is 26.5. The molecule has 2 aromatic rings. The number of hydrogen-bond acceptors (Lipinski definition) is 5. The molecule has 3 aliphatic rings. The molecular formula is C24H27F2N3O3. The fraction of sp³-hybridized carbons (Fsp3) is 0.542. The highest BCUT2D eigenvalue weighted by Crippen LogP contribution is 2.67. The van der Waals surface area contributed by atoms with Crippen molar-refractivity contribution >= 4 is 5.91 Å². The van der Waals surface area contributed by atoms with Crippen molar-refractivity contribution in [2.24, 2.45) is 5.41 Å². The van der Waals surface area contributed by atoms with Crippen LogP contribution in [0.25, 0.3) is 11.3 Å². The molecule has 1 aliphatic heterocycles. The monoisotopic (exact) mass is 443 g/mol. The maximum Gasteiger partial charge on any atom is 0.259 e. The number of likely N-dealkylation sites (N-methyl/N-ethyl adjacent to an activating group) is 1. The van der Waals surface area contributed by atoms with Crippen molar-refractivity contribution in [3.8, 4) is 11.3 Å². The lowest BCUT2D eigenvalue weighted by Crippen LogP contribution is -2.63. The fourth-order valence-electron chi connectivity index (χ4n) is 6.01. The van der Waals surface area contributed by atoms with Crippen LogP contribution >= 0.6 is 0 Å². The molecule has 2 fully saturated rings. The first-order chi connectivity index (χ1) is 15.1. The smallest absolute Gasteiger partial charge is 0.259 e. The molecule has 1 aromatic carbocycles. The molecule has 2 atom stereocenters. The van der Waals surface area contributed by atoms with Crippen LogP contribution in [0.4, 0.5) is 8.78 Å². The predicted molar refractivity (Wildman–Crippen MR) is 113 cm³/mol. The minimum atomic E-state index is -1.46. The summed E-state index contributed by atoms with van der Waals surface area (Å²) in [7, 11) is 0. The van der Waals surface area contributed by atoms with E-state index in [1.54, 1.807) is 11.0 Å². The molecule has 2 bridgehead atoms. The Balaban J connectivity index is 1.56. The van der Waals surface area contributed by atoms with E-state index in [0.29, 0.717) is 13.1 Å². The van der Waals surface area contributed by atoms with Gasteiger partial charge in [0.15, 0.2) is 5.60 Å². The summed E-state index contributed by atoms with van der Waals surface area (Å²) < 4.78 is 33.8. The second-order valence-electron chi connectivity index (χ2n) is 9.87. The van der Waals surface area contributed by atoms with Gasteiger partial charge < -0.3 is 14.7 Å². The fourth-order valence-corrected chi connectivity index (χ4v) is 6.01. The number of benzene rings is 1.